The van der Waals surface area contributed by atoms with E-state index in [4.69, 9.17) is 4.74 Å². The Morgan fingerprint density at radius 1 is 1.20 bits per heavy atom. The number of sulfone groups is 1. The number of piperidine rings is 1. The number of pyridine rings is 2. The minimum atomic E-state index is -4.48. The molecule has 0 bridgehead atoms. The first-order chi connectivity index (χ1) is 20.8. The van der Waals surface area contributed by atoms with Crippen molar-refractivity contribution in [3.05, 3.63) is 74.5 Å². The van der Waals surface area contributed by atoms with Crippen LogP contribution in [0, 0.1) is 6.92 Å². The lowest BCUT2D eigenvalue weighted by Gasteiger charge is -2.47. The van der Waals surface area contributed by atoms with Crippen molar-refractivity contribution in [2.45, 2.75) is 88.7 Å². The molecule has 2 aliphatic heterocycles. The van der Waals surface area contributed by atoms with Crippen LogP contribution in [-0.4, -0.2) is 54.1 Å². The summed E-state index contributed by atoms with van der Waals surface area (Å²) in [6.45, 7) is 8.83. The number of carbonyl (C=O) groups is 1. The number of alkyl halides is 3. The minimum Gasteiger partial charge on any atom is -0.366 e. The molecule has 1 unspecified atom stereocenters. The molecule has 44 heavy (non-hydrogen) atoms. The lowest BCUT2D eigenvalue weighted by molar-refractivity contribution is -0.141. The van der Waals surface area contributed by atoms with Crippen LogP contribution in [-0.2, 0) is 39.3 Å². The van der Waals surface area contributed by atoms with Gasteiger partial charge in [0.1, 0.15) is 11.3 Å². The number of hydrogen-bond donors (Lipinski definition) is 1. The van der Waals surface area contributed by atoms with Gasteiger partial charge in [-0.05, 0) is 74.9 Å². The Morgan fingerprint density at radius 2 is 1.93 bits per heavy atom. The Kier molecular flexibility index (Phi) is 9.23. The maximum Gasteiger partial charge on any atom is 0.433 e. The summed E-state index contributed by atoms with van der Waals surface area (Å²) in [5.41, 5.74) is 1.45. The molecule has 5 heterocycles. The lowest BCUT2D eigenvalue weighted by atomic mass is 9.83. The summed E-state index contributed by atoms with van der Waals surface area (Å²) in [6.07, 6.45) is -0.346. The molecule has 8 nitrogen and oxygen atoms in total. The zero-order chi connectivity index (χ0) is 31.9. The summed E-state index contributed by atoms with van der Waals surface area (Å²) < 4.78 is 70.3. The van der Waals surface area contributed by atoms with Crippen LogP contribution in [0.15, 0.2) is 41.4 Å². The van der Waals surface area contributed by atoms with Gasteiger partial charge in [0.25, 0.3) is 5.91 Å². The molecule has 0 aromatic carbocycles. The van der Waals surface area contributed by atoms with Gasteiger partial charge in [0.05, 0.1) is 33.9 Å². The number of amides is 1. The molecule has 0 radical (unpaired) electrons. The third-order valence-corrected chi connectivity index (χ3v) is 11.6. The van der Waals surface area contributed by atoms with Gasteiger partial charge in [0.15, 0.2) is 9.84 Å². The van der Waals surface area contributed by atoms with Crippen LogP contribution in [0.25, 0.3) is 0 Å². The van der Waals surface area contributed by atoms with Gasteiger partial charge in [-0.1, -0.05) is 19.9 Å². The second kappa shape index (κ2) is 12.5. The van der Waals surface area contributed by atoms with Crippen LogP contribution >= 0.6 is 11.3 Å². The number of aryl methyl sites for hydroxylation is 1. The van der Waals surface area contributed by atoms with E-state index in [0.29, 0.717) is 48.6 Å². The number of aromatic nitrogens is 2. The van der Waals surface area contributed by atoms with Crippen LogP contribution in [0.3, 0.4) is 0 Å². The third kappa shape index (κ3) is 6.56. The fraction of sp³-hybridized carbons (Fsp3) is 0.516. The molecule has 1 spiro atoms. The molecule has 3 aromatic rings. The highest BCUT2D eigenvalue weighted by atomic mass is 32.2. The predicted octanol–water partition coefficient (Wildman–Crippen LogP) is 5.99. The van der Waals surface area contributed by atoms with E-state index in [0.717, 1.165) is 28.5 Å². The lowest BCUT2D eigenvalue weighted by Crippen LogP contribution is -2.48. The predicted molar refractivity (Wildman–Crippen MR) is 161 cm³/mol. The van der Waals surface area contributed by atoms with Crippen LogP contribution in [0.2, 0.25) is 0 Å². The number of nitrogens with zero attached hydrogens (tertiary/aromatic N) is 3. The Hall–Kier alpha value is -2.87. The monoisotopic (exact) mass is 650 g/mol. The highest BCUT2D eigenvalue weighted by Crippen LogP contribution is 2.48. The number of carbonyl (C=O) groups excluding carboxylic acids is 1. The van der Waals surface area contributed by atoms with Gasteiger partial charge in [0, 0.05) is 35.9 Å². The van der Waals surface area contributed by atoms with Crippen molar-refractivity contribution < 1.29 is 31.1 Å². The summed E-state index contributed by atoms with van der Waals surface area (Å²) in [6, 6.07) is 7.62. The summed E-state index contributed by atoms with van der Waals surface area (Å²) >= 11 is 1.44. The molecule has 0 aliphatic carbocycles. The highest BCUT2D eigenvalue weighted by Gasteiger charge is 2.45. The molecule has 0 saturated carbocycles. The van der Waals surface area contributed by atoms with E-state index in [1.165, 1.54) is 23.6 Å². The van der Waals surface area contributed by atoms with E-state index in [-0.39, 0.29) is 35.2 Å². The molecule has 2 atom stereocenters. The van der Waals surface area contributed by atoms with Gasteiger partial charge < -0.3 is 10.1 Å². The Labute approximate surface area is 260 Å². The molecule has 1 saturated heterocycles. The molecule has 1 N–H and O–H groups in total. The van der Waals surface area contributed by atoms with Gasteiger partial charge in [-0.15, -0.1) is 11.3 Å². The van der Waals surface area contributed by atoms with E-state index in [9.17, 15) is 26.4 Å². The van der Waals surface area contributed by atoms with Gasteiger partial charge in [-0.3, -0.25) is 14.7 Å². The smallest absolute Gasteiger partial charge is 0.366 e. The summed E-state index contributed by atoms with van der Waals surface area (Å²) in [5, 5.41) is 2.90. The van der Waals surface area contributed by atoms with Crippen LogP contribution < -0.4 is 5.32 Å². The number of rotatable bonds is 8. The number of likely N-dealkylation sites (tertiary alicyclic amines) is 1. The third-order valence-electron chi connectivity index (χ3n) is 8.56. The average molecular weight is 651 g/mol. The Balaban J connectivity index is 1.28. The normalized spacial score (nSPS) is 19.5. The SMILES string of the molecule is CCC(c1ccc(C(F)(F)F)nc1C)N1CCC2(CC1)O[C@@H](C)Cc1cc(C(=O)NCc3ccc(S(=O)(=O)CC)cn3)sc12. The van der Waals surface area contributed by atoms with Crippen LogP contribution in [0.5, 0.6) is 0 Å². The van der Waals surface area contributed by atoms with Gasteiger partial charge in [-0.25, -0.2) is 13.4 Å². The number of fused-ring (bicyclic) bond motifs is 2. The maximum absolute atomic E-state index is 13.2. The Morgan fingerprint density at radius 3 is 2.52 bits per heavy atom. The van der Waals surface area contributed by atoms with Gasteiger partial charge >= 0.3 is 6.18 Å². The van der Waals surface area contributed by atoms with Crippen molar-refractivity contribution >= 4 is 27.1 Å². The van der Waals surface area contributed by atoms with E-state index in [1.54, 1.807) is 26.0 Å². The number of ether oxygens (including phenoxy) is 1. The van der Waals surface area contributed by atoms with Gasteiger partial charge in [0.2, 0.25) is 0 Å². The summed E-state index contributed by atoms with van der Waals surface area (Å²) in [7, 11) is -3.35. The molecule has 1 amide bonds. The standard InChI is InChI=1S/C31H37F3N4O4S2/c1-5-25(24-9-10-27(31(32,33)34)37-20(24)4)38-13-11-30(12-14-38)28-21(15-19(3)42-30)16-26(43-28)29(39)36-17-22-7-8-23(18-35-22)44(40,41)6-2/h7-10,16,18-19,25H,5-6,11-15,17H2,1-4H3,(H,36,39)/t19-,25?/m0/s1. The number of thiophene rings is 1. The largest absolute Gasteiger partial charge is 0.433 e. The van der Waals surface area contributed by atoms with Crippen molar-refractivity contribution in [3.8, 4) is 0 Å². The second-order valence-corrected chi connectivity index (χ2v) is 14.8. The summed E-state index contributed by atoms with van der Waals surface area (Å²) in [5.74, 6) is -0.237. The Bertz CT molecular complexity index is 1620. The molecule has 2 aliphatic rings. The minimum absolute atomic E-state index is 0.00878. The van der Waals surface area contributed by atoms with E-state index in [2.05, 4.69) is 20.2 Å². The first kappa shape index (κ1) is 32.5. The van der Waals surface area contributed by atoms with Crippen LogP contribution in [0.1, 0.15) is 88.8 Å². The van der Waals surface area contributed by atoms with E-state index in [1.807, 2.05) is 19.9 Å². The molecular formula is C31H37F3N4O4S2. The molecule has 3 aromatic heterocycles. The first-order valence-corrected chi connectivity index (χ1v) is 17.3. The fourth-order valence-electron chi connectivity index (χ4n) is 6.29. The number of hydrogen-bond acceptors (Lipinski definition) is 8. The van der Waals surface area contributed by atoms with E-state index >= 15 is 0 Å². The maximum atomic E-state index is 13.2. The number of nitrogens with one attached hydrogen (secondary N) is 1. The van der Waals surface area contributed by atoms with Gasteiger partial charge in [-0.2, -0.15) is 13.2 Å². The van der Waals surface area contributed by atoms with Crippen molar-refractivity contribution in [1.82, 2.24) is 20.2 Å². The highest BCUT2D eigenvalue weighted by molar-refractivity contribution is 7.91. The average Bonchev–Trinajstić information content (AvgIpc) is 3.43. The van der Waals surface area contributed by atoms with Crippen LogP contribution in [0.4, 0.5) is 13.2 Å². The molecule has 238 valence electrons. The number of halogens is 3. The van der Waals surface area contributed by atoms with Crippen molar-refractivity contribution in [3.63, 3.8) is 0 Å². The van der Waals surface area contributed by atoms with Crippen molar-refractivity contribution in [1.29, 1.82) is 0 Å². The summed E-state index contributed by atoms with van der Waals surface area (Å²) in [4.78, 5) is 25.3. The molecule has 1 fully saturated rings. The second-order valence-electron chi connectivity index (χ2n) is 11.5. The zero-order valence-corrected chi connectivity index (χ0v) is 26.8. The quantitative estimate of drug-likeness (QED) is 0.320. The van der Waals surface area contributed by atoms with E-state index < -0.39 is 27.3 Å². The molecule has 13 heteroatoms. The van der Waals surface area contributed by atoms with Crippen molar-refractivity contribution in [2.24, 2.45) is 0 Å². The molecule has 5 rings (SSSR count). The molecular weight excluding hydrogens is 613 g/mol. The topological polar surface area (TPSA) is 101 Å². The fourth-order valence-corrected chi connectivity index (χ4v) is 8.41. The van der Waals surface area contributed by atoms with Crippen molar-refractivity contribution in [2.75, 3.05) is 18.8 Å². The first-order valence-electron chi connectivity index (χ1n) is 14.8. The zero-order valence-electron chi connectivity index (χ0n) is 25.2.